The highest BCUT2D eigenvalue weighted by molar-refractivity contribution is 5.94. The Hall–Kier alpha value is -3.21. The van der Waals surface area contributed by atoms with Gasteiger partial charge in [-0.2, -0.15) is 4.68 Å². The van der Waals surface area contributed by atoms with E-state index in [1.807, 2.05) is 0 Å². The molecule has 0 bridgehead atoms. The van der Waals surface area contributed by atoms with Gasteiger partial charge in [-0.1, -0.05) is 0 Å². The summed E-state index contributed by atoms with van der Waals surface area (Å²) in [7, 11) is 2.10. The van der Waals surface area contributed by atoms with Gasteiger partial charge in [0.2, 0.25) is 5.91 Å². The topological polar surface area (TPSA) is 119 Å². The first-order valence-electron chi connectivity index (χ1n) is 10.9. The molecule has 2 aromatic rings. The molecule has 32 heavy (non-hydrogen) atoms. The second-order valence-electron chi connectivity index (χ2n) is 8.90. The first-order valence-corrected chi connectivity index (χ1v) is 10.9. The summed E-state index contributed by atoms with van der Waals surface area (Å²) in [5.74, 6) is 0.425. The summed E-state index contributed by atoms with van der Waals surface area (Å²) >= 11 is 0. The maximum atomic E-state index is 13.3. The lowest BCUT2D eigenvalue weighted by Gasteiger charge is -2.39. The number of rotatable bonds is 5. The highest BCUT2D eigenvalue weighted by Gasteiger charge is 2.50. The average Bonchev–Trinajstić information content (AvgIpc) is 3.52. The fourth-order valence-corrected chi connectivity index (χ4v) is 5.09. The van der Waals surface area contributed by atoms with E-state index in [2.05, 4.69) is 37.4 Å². The minimum Gasteiger partial charge on any atom is -0.456 e. The van der Waals surface area contributed by atoms with E-state index < -0.39 is 0 Å². The Balaban J connectivity index is 1.18. The number of ether oxygens (including phenoxy) is 1. The first-order chi connectivity index (χ1) is 15.5. The van der Waals surface area contributed by atoms with Gasteiger partial charge in [-0.3, -0.25) is 14.7 Å². The molecule has 1 amide bonds. The summed E-state index contributed by atoms with van der Waals surface area (Å²) in [6.07, 6.45) is 9.38. The van der Waals surface area contributed by atoms with Crippen molar-refractivity contribution < 1.29 is 14.3 Å². The smallest absolute Gasteiger partial charge is 0.336 e. The highest BCUT2D eigenvalue weighted by Crippen LogP contribution is 2.47. The SMILES string of the molecule is CC1=C(N2CC[C@]3(CC[C@@H](N(C)Cc4cnc(-n5cnnn5)cn4)CC3)C2=O)COC1=O. The average molecular weight is 438 g/mol. The molecule has 0 unspecified atom stereocenters. The zero-order chi connectivity index (χ0) is 22.3. The number of carbonyl (C=O) groups excluding carboxylic acids is 2. The largest absolute Gasteiger partial charge is 0.456 e. The van der Waals surface area contributed by atoms with Crippen LogP contribution in [0.25, 0.3) is 5.82 Å². The summed E-state index contributed by atoms with van der Waals surface area (Å²) < 4.78 is 6.58. The number of amides is 1. The number of nitrogens with zero attached hydrogens (tertiary/aromatic N) is 8. The molecule has 2 aliphatic heterocycles. The molecule has 2 fully saturated rings. The number of tetrazole rings is 1. The van der Waals surface area contributed by atoms with E-state index in [9.17, 15) is 9.59 Å². The number of carbonyl (C=O) groups is 2. The van der Waals surface area contributed by atoms with Crippen molar-refractivity contribution in [2.75, 3.05) is 20.2 Å². The van der Waals surface area contributed by atoms with E-state index in [1.165, 1.54) is 11.0 Å². The Morgan fingerprint density at radius 2 is 2.00 bits per heavy atom. The standard InChI is InChI=1S/C21H26N8O3/c1-14-17(12-32-19(14)30)28-8-7-21(20(28)31)5-3-16(4-6-21)27(2)11-15-9-23-18(10-22-15)29-13-24-25-26-29/h9-10,13,16H,3-8,11-12H2,1-2H3/t16-,21-. The van der Waals surface area contributed by atoms with Gasteiger partial charge in [0.15, 0.2) is 5.82 Å². The molecule has 11 nitrogen and oxygen atoms in total. The van der Waals surface area contributed by atoms with Crippen molar-refractivity contribution in [3.05, 3.63) is 35.7 Å². The predicted octanol–water partition coefficient (Wildman–Crippen LogP) is 0.876. The molecule has 2 aromatic heterocycles. The zero-order valence-electron chi connectivity index (χ0n) is 18.3. The van der Waals surface area contributed by atoms with Crippen molar-refractivity contribution >= 4 is 11.9 Å². The van der Waals surface area contributed by atoms with Gasteiger partial charge in [0.25, 0.3) is 0 Å². The van der Waals surface area contributed by atoms with Gasteiger partial charge in [0, 0.05) is 19.1 Å². The zero-order valence-corrected chi connectivity index (χ0v) is 18.3. The molecule has 1 aliphatic carbocycles. The number of cyclic esters (lactones) is 1. The Kier molecular flexibility index (Phi) is 5.20. The quantitative estimate of drug-likeness (QED) is 0.627. The van der Waals surface area contributed by atoms with E-state index in [4.69, 9.17) is 4.74 Å². The van der Waals surface area contributed by atoms with E-state index >= 15 is 0 Å². The van der Waals surface area contributed by atoms with Crippen molar-refractivity contribution in [1.29, 1.82) is 0 Å². The molecular formula is C21H26N8O3. The molecule has 1 spiro atoms. The Morgan fingerprint density at radius 3 is 2.62 bits per heavy atom. The number of hydrogen-bond donors (Lipinski definition) is 0. The lowest BCUT2D eigenvalue weighted by atomic mass is 9.71. The van der Waals surface area contributed by atoms with Crippen molar-refractivity contribution in [2.24, 2.45) is 5.41 Å². The molecule has 4 heterocycles. The van der Waals surface area contributed by atoms with Crippen LogP contribution in [0.2, 0.25) is 0 Å². The molecular weight excluding hydrogens is 412 g/mol. The lowest BCUT2D eigenvalue weighted by molar-refractivity contribution is -0.138. The maximum Gasteiger partial charge on any atom is 0.336 e. The van der Waals surface area contributed by atoms with Crippen LogP contribution in [0.1, 0.15) is 44.7 Å². The molecule has 0 atom stereocenters. The summed E-state index contributed by atoms with van der Waals surface area (Å²) in [5.41, 5.74) is 1.89. The molecule has 0 aromatic carbocycles. The second kappa shape index (κ2) is 8.05. The normalized spacial score (nSPS) is 26.0. The molecule has 5 rings (SSSR count). The van der Waals surface area contributed by atoms with Gasteiger partial charge in [-0.15, -0.1) is 5.10 Å². The van der Waals surface area contributed by atoms with Crippen molar-refractivity contribution in [3.8, 4) is 5.82 Å². The summed E-state index contributed by atoms with van der Waals surface area (Å²) in [6, 6.07) is 0.390. The van der Waals surface area contributed by atoms with Gasteiger partial charge >= 0.3 is 5.97 Å². The van der Waals surface area contributed by atoms with E-state index in [0.717, 1.165) is 43.5 Å². The third-order valence-corrected chi connectivity index (χ3v) is 7.14. The predicted molar refractivity (Wildman–Crippen MR) is 111 cm³/mol. The molecule has 0 radical (unpaired) electrons. The van der Waals surface area contributed by atoms with Crippen molar-refractivity contribution in [3.63, 3.8) is 0 Å². The fraction of sp³-hybridized carbons (Fsp3) is 0.571. The van der Waals surface area contributed by atoms with E-state index in [0.29, 0.717) is 30.5 Å². The summed E-state index contributed by atoms with van der Waals surface area (Å²) in [4.78, 5) is 38.0. The van der Waals surface area contributed by atoms with Gasteiger partial charge in [-0.05, 0) is 56.5 Å². The summed E-state index contributed by atoms with van der Waals surface area (Å²) in [6.45, 7) is 3.32. The third kappa shape index (κ3) is 3.56. The third-order valence-electron chi connectivity index (χ3n) is 7.14. The van der Waals surface area contributed by atoms with Crippen molar-refractivity contribution in [1.82, 2.24) is 40.0 Å². The Bertz CT molecular complexity index is 1040. The van der Waals surface area contributed by atoms with Crippen LogP contribution in [0, 0.1) is 5.41 Å². The number of likely N-dealkylation sites (tertiary alicyclic amines) is 1. The number of esters is 1. The van der Waals surface area contributed by atoms with Gasteiger partial charge < -0.3 is 9.64 Å². The van der Waals surface area contributed by atoms with E-state index in [1.54, 1.807) is 24.2 Å². The van der Waals surface area contributed by atoms with Crippen LogP contribution in [0.4, 0.5) is 0 Å². The van der Waals surface area contributed by atoms with Gasteiger partial charge in [0.05, 0.1) is 34.8 Å². The monoisotopic (exact) mass is 438 g/mol. The van der Waals surface area contributed by atoms with Crippen LogP contribution >= 0.6 is 0 Å². The minimum atomic E-state index is -0.312. The minimum absolute atomic E-state index is 0.162. The molecule has 1 saturated heterocycles. The lowest BCUT2D eigenvalue weighted by Crippen LogP contribution is -2.42. The van der Waals surface area contributed by atoms with Crippen LogP contribution < -0.4 is 0 Å². The fourth-order valence-electron chi connectivity index (χ4n) is 5.09. The van der Waals surface area contributed by atoms with Crippen molar-refractivity contribution in [2.45, 2.75) is 51.6 Å². The molecule has 3 aliphatic rings. The van der Waals surface area contributed by atoms with Crippen LogP contribution in [-0.4, -0.2) is 78.1 Å². The number of hydrogen-bond acceptors (Lipinski definition) is 9. The van der Waals surface area contributed by atoms with Crippen LogP contribution in [0.15, 0.2) is 30.0 Å². The Labute approximate surface area is 185 Å². The van der Waals surface area contributed by atoms with Gasteiger partial charge in [-0.25, -0.2) is 9.78 Å². The van der Waals surface area contributed by atoms with Crippen LogP contribution in [0.3, 0.4) is 0 Å². The van der Waals surface area contributed by atoms with Crippen LogP contribution in [-0.2, 0) is 20.9 Å². The molecule has 0 N–H and O–H groups in total. The van der Waals surface area contributed by atoms with E-state index in [-0.39, 0.29) is 23.9 Å². The van der Waals surface area contributed by atoms with Crippen LogP contribution in [0.5, 0.6) is 0 Å². The summed E-state index contributed by atoms with van der Waals surface area (Å²) in [5, 5.41) is 11.0. The maximum absolute atomic E-state index is 13.3. The molecule has 11 heteroatoms. The first kappa shape index (κ1) is 20.7. The Morgan fingerprint density at radius 1 is 1.19 bits per heavy atom. The van der Waals surface area contributed by atoms with Gasteiger partial charge in [0.1, 0.15) is 12.9 Å². The molecule has 1 saturated carbocycles. The number of aromatic nitrogens is 6. The molecule has 168 valence electrons. The highest BCUT2D eigenvalue weighted by atomic mass is 16.5. The second-order valence-corrected chi connectivity index (χ2v) is 8.90.